The first-order chi connectivity index (χ1) is 8.43. The first-order valence-corrected chi connectivity index (χ1v) is 6.67. The summed E-state index contributed by atoms with van der Waals surface area (Å²) in [6, 6.07) is 3.91. The van der Waals surface area contributed by atoms with E-state index in [-0.39, 0.29) is 6.42 Å². The minimum Gasteiger partial charge on any atom is -0.480 e. The van der Waals surface area contributed by atoms with E-state index in [2.05, 4.69) is 4.90 Å². The number of carboxylic acid groups (broad SMARTS) is 1. The lowest BCUT2D eigenvalue weighted by Gasteiger charge is -2.20. The van der Waals surface area contributed by atoms with Gasteiger partial charge in [-0.15, -0.1) is 11.3 Å². The van der Waals surface area contributed by atoms with Crippen LogP contribution in [0.3, 0.4) is 0 Å². The molecular formula is C13H19NO3S. The molecule has 0 spiro atoms. The Hall–Kier alpha value is -1.20. The topological polar surface area (TPSA) is 57.6 Å². The van der Waals surface area contributed by atoms with E-state index in [0.717, 1.165) is 11.4 Å². The van der Waals surface area contributed by atoms with Crippen LogP contribution in [0.25, 0.3) is 0 Å². The van der Waals surface area contributed by atoms with Crippen molar-refractivity contribution in [1.82, 2.24) is 4.90 Å². The molecule has 0 aliphatic heterocycles. The van der Waals surface area contributed by atoms with E-state index in [1.54, 1.807) is 18.3 Å². The molecule has 1 rings (SSSR count). The molecule has 0 saturated carbocycles. The Labute approximate surface area is 111 Å². The van der Waals surface area contributed by atoms with Gasteiger partial charge < -0.3 is 14.8 Å². The van der Waals surface area contributed by atoms with Crippen LogP contribution in [0.1, 0.15) is 23.1 Å². The molecule has 0 aliphatic carbocycles. The van der Waals surface area contributed by atoms with Crippen molar-refractivity contribution in [3.63, 3.8) is 0 Å². The van der Waals surface area contributed by atoms with E-state index in [9.17, 15) is 14.7 Å². The normalized spacial score (nSPS) is 14.4. The zero-order valence-corrected chi connectivity index (χ0v) is 11.8. The van der Waals surface area contributed by atoms with Crippen LogP contribution in [0.2, 0.25) is 0 Å². The lowest BCUT2D eigenvalue weighted by Crippen LogP contribution is -2.34. The van der Waals surface area contributed by atoms with Crippen LogP contribution < -0.4 is 0 Å². The first kappa shape index (κ1) is 14.9. The van der Waals surface area contributed by atoms with E-state index in [4.69, 9.17) is 0 Å². The Morgan fingerprint density at radius 3 is 2.50 bits per heavy atom. The van der Waals surface area contributed by atoms with Crippen molar-refractivity contribution in [2.45, 2.75) is 26.3 Å². The molecule has 1 aromatic heterocycles. The van der Waals surface area contributed by atoms with E-state index in [1.807, 2.05) is 26.2 Å². The SMILES string of the molecule is CCC(C=O)(Cc1ccc(CN(C)C)s1)C(=O)O. The molecule has 0 aromatic carbocycles. The number of nitrogens with zero attached hydrogens (tertiary/aromatic N) is 1. The second kappa shape index (κ2) is 6.11. The predicted molar refractivity (Wildman–Crippen MR) is 71.8 cm³/mol. The Morgan fingerprint density at radius 2 is 2.06 bits per heavy atom. The molecule has 0 aliphatic rings. The number of thiophene rings is 1. The number of hydrogen-bond acceptors (Lipinski definition) is 4. The van der Waals surface area contributed by atoms with Crippen molar-refractivity contribution in [3.05, 3.63) is 21.9 Å². The van der Waals surface area contributed by atoms with Gasteiger partial charge in [0.1, 0.15) is 11.7 Å². The predicted octanol–water partition coefficient (Wildman–Crippen LogP) is 2.03. The van der Waals surface area contributed by atoms with Crippen molar-refractivity contribution < 1.29 is 14.7 Å². The van der Waals surface area contributed by atoms with E-state index < -0.39 is 11.4 Å². The molecule has 5 heteroatoms. The molecule has 100 valence electrons. The number of hydrogen-bond donors (Lipinski definition) is 1. The summed E-state index contributed by atoms with van der Waals surface area (Å²) < 4.78 is 0. The minimum absolute atomic E-state index is 0.278. The minimum atomic E-state index is -1.28. The summed E-state index contributed by atoms with van der Waals surface area (Å²) in [6.45, 7) is 2.56. The third kappa shape index (κ3) is 3.40. The van der Waals surface area contributed by atoms with Gasteiger partial charge in [-0.3, -0.25) is 4.79 Å². The van der Waals surface area contributed by atoms with E-state index in [1.165, 1.54) is 4.88 Å². The van der Waals surface area contributed by atoms with E-state index >= 15 is 0 Å². The highest BCUT2D eigenvalue weighted by Crippen LogP contribution is 2.29. The fourth-order valence-corrected chi connectivity index (χ4v) is 3.01. The fraction of sp³-hybridized carbons (Fsp3) is 0.538. The van der Waals surface area contributed by atoms with Crippen molar-refractivity contribution in [1.29, 1.82) is 0 Å². The van der Waals surface area contributed by atoms with Crippen LogP contribution >= 0.6 is 11.3 Å². The molecule has 0 saturated heterocycles. The first-order valence-electron chi connectivity index (χ1n) is 5.85. The molecule has 4 nitrogen and oxygen atoms in total. The average molecular weight is 269 g/mol. The second-order valence-electron chi connectivity index (χ2n) is 4.72. The van der Waals surface area contributed by atoms with Gasteiger partial charge >= 0.3 is 5.97 Å². The van der Waals surface area contributed by atoms with E-state index in [0.29, 0.717) is 12.7 Å². The maximum absolute atomic E-state index is 11.2. The summed E-state index contributed by atoms with van der Waals surface area (Å²) in [4.78, 5) is 26.5. The van der Waals surface area contributed by atoms with Crippen molar-refractivity contribution in [2.75, 3.05) is 14.1 Å². The zero-order chi connectivity index (χ0) is 13.8. The van der Waals surface area contributed by atoms with Gasteiger partial charge in [0.25, 0.3) is 0 Å². The lowest BCUT2D eigenvalue weighted by molar-refractivity contribution is -0.151. The maximum atomic E-state index is 11.2. The summed E-state index contributed by atoms with van der Waals surface area (Å²) >= 11 is 1.57. The van der Waals surface area contributed by atoms with Gasteiger partial charge in [-0.25, -0.2) is 0 Å². The third-order valence-corrected chi connectivity index (χ3v) is 4.03. The van der Waals surface area contributed by atoms with Crippen LogP contribution in [0.15, 0.2) is 12.1 Å². The largest absolute Gasteiger partial charge is 0.480 e. The standard InChI is InChI=1S/C13H19NO3S/c1-4-13(9-15,12(16)17)7-10-5-6-11(18-10)8-14(2)3/h5-6,9H,4,7-8H2,1-3H3,(H,16,17). The van der Waals surface area contributed by atoms with Crippen molar-refractivity contribution >= 4 is 23.6 Å². The Bertz CT molecular complexity index is 428. The van der Waals surface area contributed by atoms with Gasteiger partial charge in [-0.2, -0.15) is 0 Å². The number of aliphatic carboxylic acids is 1. The van der Waals surface area contributed by atoms with Crippen LogP contribution in [0.5, 0.6) is 0 Å². The number of aldehydes is 1. The van der Waals surface area contributed by atoms with Crippen LogP contribution in [-0.4, -0.2) is 36.4 Å². The Morgan fingerprint density at radius 1 is 1.44 bits per heavy atom. The fourth-order valence-electron chi connectivity index (χ4n) is 1.75. The molecule has 0 radical (unpaired) electrons. The number of carboxylic acids is 1. The quantitative estimate of drug-likeness (QED) is 0.608. The third-order valence-electron chi connectivity index (χ3n) is 2.96. The van der Waals surface area contributed by atoms with Crippen LogP contribution in [0, 0.1) is 5.41 Å². The van der Waals surface area contributed by atoms with Crippen molar-refractivity contribution in [2.24, 2.45) is 5.41 Å². The Balaban J connectivity index is 2.85. The maximum Gasteiger partial charge on any atom is 0.317 e. The second-order valence-corrected chi connectivity index (χ2v) is 5.97. The molecule has 1 unspecified atom stereocenters. The molecule has 1 heterocycles. The van der Waals surface area contributed by atoms with Gasteiger partial charge in [0.15, 0.2) is 0 Å². The number of carbonyl (C=O) groups is 2. The molecule has 18 heavy (non-hydrogen) atoms. The Kier molecular flexibility index (Phi) is 5.04. The molecule has 1 aromatic rings. The van der Waals surface area contributed by atoms with Gasteiger partial charge in [-0.05, 0) is 32.6 Å². The highest BCUT2D eigenvalue weighted by atomic mass is 32.1. The smallest absolute Gasteiger partial charge is 0.317 e. The van der Waals surface area contributed by atoms with Gasteiger partial charge in [0.05, 0.1) is 0 Å². The number of rotatable bonds is 7. The molecule has 0 amide bonds. The summed E-state index contributed by atoms with van der Waals surface area (Å²) in [7, 11) is 3.97. The number of carbonyl (C=O) groups excluding carboxylic acids is 1. The molecule has 0 fully saturated rings. The molecular weight excluding hydrogens is 250 g/mol. The highest BCUT2D eigenvalue weighted by Gasteiger charge is 2.37. The highest BCUT2D eigenvalue weighted by molar-refractivity contribution is 7.12. The zero-order valence-electron chi connectivity index (χ0n) is 11.0. The van der Waals surface area contributed by atoms with Gasteiger partial charge in [0.2, 0.25) is 0 Å². The van der Waals surface area contributed by atoms with Crippen molar-refractivity contribution in [3.8, 4) is 0 Å². The summed E-state index contributed by atoms with van der Waals surface area (Å²) in [5.74, 6) is -1.04. The van der Waals surface area contributed by atoms with Gasteiger partial charge in [0, 0.05) is 22.7 Å². The van der Waals surface area contributed by atoms with Crippen LogP contribution in [0.4, 0.5) is 0 Å². The molecule has 1 N–H and O–H groups in total. The average Bonchev–Trinajstić information content (AvgIpc) is 2.72. The lowest BCUT2D eigenvalue weighted by atomic mass is 9.83. The van der Waals surface area contributed by atoms with Crippen LogP contribution in [-0.2, 0) is 22.6 Å². The summed E-state index contributed by atoms with van der Waals surface area (Å²) in [5.41, 5.74) is -1.28. The summed E-state index contributed by atoms with van der Waals surface area (Å²) in [6.07, 6.45) is 1.16. The van der Waals surface area contributed by atoms with Gasteiger partial charge in [-0.1, -0.05) is 6.92 Å². The molecule has 1 atom stereocenters. The summed E-state index contributed by atoms with van der Waals surface area (Å²) in [5, 5.41) is 9.20. The monoisotopic (exact) mass is 269 g/mol. The molecule has 0 bridgehead atoms.